The average Bonchev–Trinajstić information content (AvgIpc) is 2.36. The molecule has 0 fully saturated rings. The number of hydrogen-bond donors (Lipinski definition) is 2. The van der Waals surface area contributed by atoms with E-state index in [9.17, 15) is 9.59 Å². The van der Waals surface area contributed by atoms with E-state index in [4.69, 9.17) is 12.6 Å². The highest BCUT2D eigenvalue weighted by atomic mass is 16.5. The number of ether oxygens (including phenoxy) is 1. The summed E-state index contributed by atoms with van der Waals surface area (Å²) in [4.78, 5) is 27.7. The van der Waals surface area contributed by atoms with Gasteiger partial charge < -0.3 is 9.72 Å². The van der Waals surface area contributed by atoms with Crippen molar-refractivity contribution in [3.05, 3.63) is 44.7 Å². The molecule has 2 aromatic rings. The fraction of sp³-hybridized carbons (Fsp3) is 0.333. The van der Waals surface area contributed by atoms with E-state index in [1.807, 2.05) is 26.8 Å². The van der Waals surface area contributed by atoms with Gasteiger partial charge >= 0.3 is 5.69 Å². The second kappa shape index (κ2) is 5.28. The monoisotopic (exact) mass is 284 g/mol. The minimum atomic E-state index is -0.540. The van der Waals surface area contributed by atoms with Crippen molar-refractivity contribution in [2.24, 2.45) is 0 Å². The van der Waals surface area contributed by atoms with Crippen molar-refractivity contribution >= 4 is 13.3 Å². The summed E-state index contributed by atoms with van der Waals surface area (Å²) in [6.45, 7) is 6.10. The summed E-state index contributed by atoms with van der Waals surface area (Å²) in [5.41, 5.74) is 1.13. The Bertz CT molecular complexity index is 785. The average molecular weight is 284 g/mol. The Morgan fingerprint density at radius 1 is 1.19 bits per heavy atom. The van der Waals surface area contributed by atoms with Crippen LogP contribution in [0.2, 0.25) is 0 Å². The van der Waals surface area contributed by atoms with Crippen LogP contribution in [0.5, 0.6) is 5.75 Å². The third kappa shape index (κ3) is 2.94. The number of aromatic nitrogens is 2. The van der Waals surface area contributed by atoms with E-state index in [1.165, 1.54) is 6.20 Å². The Morgan fingerprint density at radius 3 is 2.38 bits per heavy atom. The van der Waals surface area contributed by atoms with E-state index >= 15 is 0 Å². The highest BCUT2D eigenvalue weighted by Crippen LogP contribution is 2.32. The summed E-state index contributed by atoms with van der Waals surface area (Å²) in [6.07, 6.45) is 1.38. The van der Waals surface area contributed by atoms with Crippen LogP contribution in [0.1, 0.15) is 26.3 Å². The molecular weight excluding hydrogens is 267 g/mol. The summed E-state index contributed by atoms with van der Waals surface area (Å²) < 4.78 is 5.37. The van der Waals surface area contributed by atoms with Crippen LogP contribution in [0.15, 0.2) is 27.9 Å². The Hall–Kier alpha value is -2.24. The molecule has 0 aliphatic heterocycles. The summed E-state index contributed by atoms with van der Waals surface area (Å²) in [5.74, 6) is 0.604. The molecule has 0 aliphatic rings. The predicted molar refractivity (Wildman–Crippen MR) is 83.8 cm³/mol. The minimum Gasteiger partial charge on any atom is -0.497 e. The van der Waals surface area contributed by atoms with Crippen molar-refractivity contribution < 1.29 is 4.74 Å². The van der Waals surface area contributed by atoms with Gasteiger partial charge in [0.2, 0.25) is 0 Å². The van der Waals surface area contributed by atoms with Gasteiger partial charge in [0.05, 0.1) is 12.7 Å². The number of hydrogen-bond acceptors (Lipinski definition) is 3. The van der Waals surface area contributed by atoms with Gasteiger partial charge in [0.1, 0.15) is 13.6 Å². The van der Waals surface area contributed by atoms with E-state index in [0.29, 0.717) is 22.3 Å². The maximum absolute atomic E-state index is 11.9. The lowest BCUT2D eigenvalue weighted by molar-refractivity contribution is 0.401. The van der Waals surface area contributed by atoms with Crippen molar-refractivity contribution in [1.82, 2.24) is 9.97 Å². The van der Waals surface area contributed by atoms with Crippen LogP contribution in [-0.4, -0.2) is 24.9 Å². The van der Waals surface area contributed by atoms with Gasteiger partial charge in [0.25, 0.3) is 5.56 Å². The summed E-state index contributed by atoms with van der Waals surface area (Å²) in [5, 5.41) is 0. The molecule has 0 saturated heterocycles. The van der Waals surface area contributed by atoms with Gasteiger partial charge in [-0.05, 0) is 22.6 Å². The highest BCUT2D eigenvalue weighted by molar-refractivity contribution is 6.34. The van der Waals surface area contributed by atoms with Crippen LogP contribution in [0.3, 0.4) is 0 Å². The van der Waals surface area contributed by atoms with Crippen LogP contribution in [0.25, 0.3) is 11.1 Å². The molecule has 0 spiro atoms. The Labute approximate surface area is 123 Å². The second-order valence-corrected chi connectivity index (χ2v) is 5.88. The maximum Gasteiger partial charge on any atom is 0.325 e. The number of benzene rings is 1. The largest absolute Gasteiger partial charge is 0.497 e. The maximum atomic E-state index is 11.9. The van der Waals surface area contributed by atoms with E-state index < -0.39 is 11.2 Å². The fourth-order valence-electron chi connectivity index (χ4n) is 2.22. The quantitative estimate of drug-likeness (QED) is 0.802. The van der Waals surface area contributed by atoms with Crippen molar-refractivity contribution in [3.63, 3.8) is 0 Å². The SMILES string of the molecule is [B]c1cc(-c2c[nH]c(=O)[nH]c2=O)cc(C(C)(C)C)c1OC. The molecule has 0 bridgehead atoms. The molecule has 1 heterocycles. The molecule has 21 heavy (non-hydrogen) atoms. The third-order valence-electron chi connectivity index (χ3n) is 3.26. The van der Waals surface area contributed by atoms with Gasteiger partial charge in [0.15, 0.2) is 0 Å². The molecule has 1 aromatic heterocycles. The number of aromatic amines is 2. The molecule has 2 radical (unpaired) electrons. The molecule has 2 rings (SSSR count). The first-order valence-corrected chi connectivity index (χ1v) is 6.54. The molecule has 0 unspecified atom stereocenters. The van der Waals surface area contributed by atoms with E-state index in [0.717, 1.165) is 5.56 Å². The molecule has 6 heteroatoms. The van der Waals surface area contributed by atoms with Crippen molar-refractivity contribution in [2.45, 2.75) is 26.2 Å². The summed E-state index contributed by atoms with van der Waals surface area (Å²) in [7, 11) is 7.60. The Morgan fingerprint density at radius 2 is 1.86 bits per heavy atom. The van der Waals surface area contributed by atoms with Crippen LogP contribution < -0.4 is 21.4 Å². The normalized spacial score (nSPS) is 11.4. The zero-order chi connectivity index (χ0) is 15.8. The third-order valence-corrected chi connectivity index (χ3v) is 3.26. The fourth-order valence-corrected chi connectivity index (χ4v) is 2.22. The first-order chi connectivity index (χ1) is 9.74. The topological polar surface area (TPSA) is 75.0 Å². The lowest BCUT2D eigenvalue weighted by Gasteiger charge is -2.24. The number of H-pyrrole nitrogens is 2. The first kappa shape index (κ1) is 15.2. The van der Waals surface area contributed by atoms with Crippen molar-refractivity contribution in [3.8, 4) is 16.9 Å². The molecule has 5 nitrogen and oxygen atoms in total. The van der Waals surface area contributed by atoms with Gasteiger partial charge in [0, 0.05) is 6.20 Å². The molecule has 2 N–H and O–H groups in total. The number of methoxy groups -OCH3 is 1. The summed E-state index contributed by atoms with van der Waals surface area (Å²) >= 11 is 0. The number of nitrogens with one attached hydrogen (secondary N) is 2. The minimum absolute atomic E-state index is 0.204. The van der Waals surface area contributed by atoms with Gasteiger partial charge in [-0.25, -0.2) is 4.79 Å². The zero-order valence-corrected chi connectivity index (χ0v) is 12.5. The molecule has 108 valence electrons. The van der Waals surface area contributed by atoms with Gasteiger partial charge in [-0.2, -0.15) is 0 Å². The highest BCUT2D eigenvalue weighted by Gasteiger charge is 2.21. The number of rotatable bonds is 2. The van der Waals surface area contributed by atoms with E-state index in [1.54, 1.807) is 13.2 Å². The van der Waals surface area contributed by atoms with Gasteiger partial charge in [-0.3, -0.25) is 9.78 Å². The van der Waals surface area contributed by atoms with Gasteiger partial charge in [-0.1, -0.05) is 32.3 Å². The predicted octanol–water partition coefficient (Wildman–Crippen LogP) is 0.830. The Kier molecular flexibility index (Phi) is 3.81. The molecule has 1 aromatic carbocycles. The standard InChI is InChI=1S/C15H17BN2O3/c1-15(2,3)10-5-8(6-11(16)12(10)21-4)9-7-17-14(20)18-13(9)19/h5-7H,1-4H3,(H2,17,18,19,20). The molecule has 0 aliphatic carbocycles. The van der Waals surface area contributed by atoms with Crippen LogP contribution >= 0.6 is 0 Å². The van der Waals surface area contributed by atoms with Crippen LogP contribution in [-0.2, 0) is 5.41 Å². The zero-order valence-electron chi connectivity index (χ0n) is 12.5. The molecular formula is C15H17BN2O3. The molecule has 0 atom stereocenters. The van der Waals surface area contributed by atoms with Crippen LogP contribution in [0.4, 0.5) is 0 Å². The van der Waals surface area contributed by atoms with Gasteiger partial charge in [-0.15, -0.1) is 0 Å². The Balaban J connectivity index is 2.75. The molecule has 0 amide bonds. The van der Waals surface area contributed by atoms with E-state index in [2.05, 4.69) is 9.97 Å². The first-order valence-electron chi connectivity index (χ1n) is 6.54. The van der Waals surface area contributed by atoms with E-state index in [-0.39, 0.29) is 5.41 Å². The second-order valence-electron chi connectivity index (χ2n) is 5.88. The molecule has 0 saturated carbocycles. The summed E-state index contributed by atoms with van der Waals surface area (Å²) in [6, 6.07) is 3.52. The van der Waals surface area contributed by atoms with Crippen molar-refractivity contribution in [2.75, 3.05) is 7.11 Å². The lowest BCUT2D eigenvalue weighted by Crippen LogP contribution is -2.24. The van der Waals surface area contributed by atoms with Crippen molar-refractivity contribution in [1.29, 1.82) is 0 Å². The van der Waals surface area contributed by atoms with Crippen LogP contribution in [0, 0.1) is 0 Å². The smallest absolute Gasteiger partial charge is 0.325 e. The lowest BCUT2D eigenvalue weighted by atomic mass is 9.79.